The zero-order chi connectivity index (χ0) is 16.1. The van der Waals surface area contributed by atoms with Gasteiger partial charge in [-0.1, -0.05) is 42.2 Å². The summed E-state index contributed by atoms with van der Waals surface area (Å²) in [5.41, 5.74) is 3.67. The van der Waals surface area contributed by atoms with E-state index in [1.165, 1.54) is 35.7 Å². The van der Waals surface area contributed by atoms with Crippen molar-refractivity contribution in [2.75, 3.05) is 18.8 Å². The number of nitrogens with one attached hydrogen (secondary N) is 1. The molecule has 0 saturated carbocycles. The van der Waals surface area contributed by atoms with Crippen LogP contribution < -0.4 is 5.32 Å². The van der Waals surface area contributed by atoms with E-state index in [0.717, 1.165) is 23.0 Å². The number of amides is 1. The molecule has 1 aliphatic heterocycles. The summed E-state index contributed by atoms with van der Waals surface area (Å²) in [5, 5.41) is 3.05. The summed E-state index contributed by atoms with van der Waals surface area (Å²) in [5.74, 6) is 0.433. The maximum absolute atomic E-state index is 12.1. The maximum atomic E-state index is 12.1. The molecular weight excluding hydrogens is 312 g/mol. The van der Waals surface area contributed by atoms with E-state index in [1.54, 1.807) is 0 Å². The van der Waals surface area contributed by atoms with E-state index in [2.05, 4.69) is 42.3 Å². The van der Waals surface area contributed by atoms with Gasteiger partial charge in [0.15, 0.2) is 0 Å². The molecule has 22 heavy (non-hydrogen) atoms. The van der Waals surface area contributed by atoms with Gasteiger partial charge in [0.1, 0.15) is 4.32 Å². The van der Waals surface area contributed by atoms with Crippen LogP contribution in [0.3, 0.4) is 0 Å². The van der Waals surface area contributed by atoms with Gasteiger partial charge >= 0.3 is 0 Å². The lowest BCUT2D eigenvalue weighted by molar-refractivity contribution is -0.119. The Morgan fingerprint density at radius 1 is 1.32 bits per heavy atom. The van der Waals surface area contributed by atoms with Crippen LogP contribution in [-0.2, 0) is 4.79 Å². The highest BCUT2D eigenvalue weighted by atomic mass is 32.2. The number of carbonyl (C=O) groups excluding carboxylic acids is 1. The number of likely N-dealkylation sites (tertiary alicyclic amines) is 1. The van der Waals surface area contributed by atoms with Crippen LogP contribution in [0, 0.1) is 13.8 Å². The van der Waals surface area contributed by atoms with Crippen LogP contribution in [0.4, 0.5) is 0 Å². The Balaban J connectivity index is 1.80. The average Bonchev–Trinajstić information content (AvgIpc) is 3.02. The summed E-state index contributed by atoms with van der Waals surface area (Å²) in [6.45, 7) is 8.28. The molecule has 0 radical (unpaired) electrons. The molecule has 1 aliphatic rings. The minimum atomic E-state index is 0.0211. The molecule has 1 heterocycles. The van der Waals surface area contributed by atoms with E-state index >= 15 is 0 Å². The molecule has 0 bridgehead atoms. The van der Waals surface area contributed by atoms with Gasteiger partial charge in [0, 0.05) is 13.1 Å². The molecule has 0 spiro atoms. The van der Waals surface area contributed by atoms with Crippen LogP contribution in [0.2, 0.25) is 0 Å². The summed E-state index contributed by atoms with van der Waals surface area (Å²) in [6.07, 6.45) is 2.41. The van der Waals surface area contributed by atoms with Crippen LogP contribution in [-0.4, -0.2) is 34.0 Å². The molecule has 5 heteroatoms. The second-order valence-electron chi connectivity index (χ2n) is 5.88. The first-order valence-corrected chi connectivity index (χ1v) is 9.15. The van der Waals surface area contributed by atoms with E-state index in [1.807, 2.05) is 6.92 Å². The third-order valence-corrected chi connectivity index (χ3v) is 5.62. The molecule has 1 aromatic carbocycles. The maximum Gasteiger partial charge on any atom is 0.230 e. The number of thioether (sulfide) groups is 1. The molecule has 1 amide bonds. The Morgan fingerprint density at radius 3 is 2.64 bits per heavy atom. The van der Waals surface area contributed by atoms with E-state index in [4.69, 9.17) is 12.2 Å². The molecule has 3 nitrogen and oxygen atoms in total. The third kappa shape index (κ3) is 4.71. The van der Waals surface area contributed by atoms with Gasteiger partial charge in [-0.2, -0.15) is 0 Å². The second-order valence-corrected chi connectivity index (χ2v) is 7.49. The van der Waals surface area contributed by atoms with Gasteiger partial charge in [-0.05, 0) is 50.3 Å². The van der Waals surface area contributed by atoms with Crippen LogP contribution in [0.25, 0.3) is 0 Å². The lowest BCUT2D eigenvalue weighted by Crippen LogP contribution is -2.30. The zero-order valence-electron chi connectivity index (χ0n) is 13.5. The number of rotatable bonds is 4. The predicted octanol–water partition coefficient (Wildman–Crippen LogP) is 3.59. The van der Waals surface area contributed by atoms with Gasteiger partial charge in [-0.25, -0.2) is 0 Å². The fourth-order valence-corrected chi connectivity index (χ4v) is 3.58. The number of benzene rings is 1. The molecule has 1 N–H and O–H groups in total. The van der Waals surface area contributed by atoms with Gasteiger partial charge in [0.25, 0.3) is 0 Å². The largest absolute Gasteiger partial charge is 0.358 e. The lowest BCUT2D eigenvalue weighted by Gasteiger charge is -2.18. The fraction of sp³-hybridized carbons (Fsp3) is 0.529. The molecular formula is C17H24N2OS2. The minimum Gasteiger partial charge on any atom is -0.358 e. The number of hydrogen-bond acceptors (Lipinski definition) is 3. The predicted molar refractivity (Wildman–Crippen MR) is 98.3 cm³/mol. The summed E-state index contributed by atoms with van der Waals surface area (Å²) in [7, 11) is 0. The molecule has 120 valence electrons. The number of nitrogens with zero attached hydrogens (tertiary/aromatic N) is 1. The zero-order valence-corrected chi connectivity index (χ0v) is 15.1. The molecule has 0 aromatic heterocycles. The summed E-state index contributed by atoms with van der Waals surface area (Å²) in [4.78, 5) is 14.3. The van der Waals surface area contributed by atoms with Gasteiger partial charge in [-0.3, -0.25) is 4.79 Å². The van der Waals surface area contributed by atoms with Crippen molar-refractivity contribution in [1.82, 2.24) is 10.2 Å². The second kappa shape index (κ2) is 7.97. The third-order valence-electron chi connectivity index (χ3n) is 4.10. The first-order valence-electron chi connectivity index (χ1n) is 7.75. The number of hydrogen-bond donors (Lipinski definition) is 1. The Labute approximate surface area is 142 Å². The number of thiocarbonyl (C=S) groups is 1. The van der Waals surface area contributed by atoms with Crippen LogP contribution in [0.1, 0.15) is 42.5 Å². The molecule has 2 rings (SSSR count). The van der Waals surface area contributed by atoms with E-state index in [9.17, 15) is 4.79 Å². The van der Waals surface area contributed by atoms with Gasteiger partial charge in [0.2, 0.25) is 5.91 Å². The molecule has 1 saturated heterocycles. The minimum absolute atomic E-state index is 0.0211. The van der Waals surface area contributed by atoms with Crippen molar-refractivity contribution < 1.29 is 4.79 Å². The molecule has 1 fully saturated rings. The topological polar surface area (TPSA) is 32.3 Å². The molecule has 1 aromatic rings. The lowest BCUT2D eigenvalue weighted by atomic mass is 10.0. The monoisotopic (exact) mass is 336 g/mol. The number of aryl methyl sites for hydroxylation is 2. The number of carbonyl (C=O) groups is 1. The van der Waals surface area contributed by atoms with E-state index in [0.29, 0.717) is 5.75 Å². The quantitative estimate of drug-likeness (QED) is 0.852. The highest BCUT2D eigenvalue weighted by Crippen LogP contribution is 2.18. The van der Waals surface area contributed by atoms with Crippen molar-refractivity contribution in [3.63, 3.8) is 0 Å². The van der Waals surface area contributed by atoms with Crippen LogP contribution in [0.15, 0.2) is 18.2 Å². The van der Waals surface area contributed by atoms with Crippen molar-refractivity contribution in [2.45, 2.75) is 39.7 Å². The smallest absolute Gasteiger partial charge is 0.230 e. The fourth-order valence-electron chi connectivity index (χ4n) is 2.52. The summed E-state index contributed by atoms with van der Waals surface area (Å²) >= 11 is 6.85. The van der Waals surface area contributed by atoms with Crippen molar-refractivity contribution in [3.8, 4) is 0 Å². The van der Waals surface area contributed by atoms with Crippen molar-refractivity contribution in [2.24, 2.45) is 0 Å². The Bertz CT molecular complexity index is 554. The Kier molecular flexibility index (Phi) is 6.26. The highest BCUT2D eigenvalue weighted by molar-refractivity contribution is 8.23. The molecule has 0 aliphatic carbocycles. The standard InChI is InChI=1S/C17H24N2OS2/c1-12-6-7-15(10-13(12)2)14(3)18-16(20)11-22-17(21)19-8-4-5-9-19/h6-7,10,14H,4-5,8-9,11H2,1-3H3,(H,18,20)/t14-/m1/s1. The SMILES string of the molecule is Cc1ccc([C@@H](C)NC(=O)CSC(=S)N2CCCC2)cc1C. The summed E-state index contributed by atoms with van der Waals surface area (Å²) in [6, 6.07) is 6.34. The van der Waals surface area contributed by atoms with Crippen LogP contribution >= 0.6 is 24.0 Å². The van der Waals surface area contributed by atoms with Gasteiger partial charge < -0.3 is 10.2 Å². The normalized spacial score (nSPS) is 15.7. The first kappa shape index (κ1) is 17.3. The van der Waals surface area contributed by atoms with Crippen molar-refractivity contribution >= 4 is 34.2 Å². The Morgan fingerprint density at radius 2 is 2.00 bits per heavy atom. The van der Waals surface area contributed by atoms with Gasteiger partial charge in [0.05, 0.1) is 11.8 Å². The van der Waals surface area contributed by atoms with Crippen LogP contribution in [0.5, 0.6) is 0 Å². The summed E-state index contributed by atoms with van der Waals surface area (Å²) < 4.78 is 0.853. The van der Waals surface area contributed by atoms with Gasteiger partial charge in [-0.15, -0.1) is 0 Å². The Hall–Kier alpha value is -1.07. The first-order chi connectivity index (χ1) is 10.5. The highest BCUT2D eigenvalue weighted by Gasteiger charge is 2.17. The average molecular weight is 337 g/mol. The van der Waals surface area contributed by atoms with E-state index in [-0.39, 0.29) is 11.9 Å². The van der Waals surface area contributed by atoms with E-state index < -0.39 is 0 Å². The van der Waals surface area contributed by atoms with Crippen molar-refractivity contribution in [3.05, 3.63) is 34.9 Å². The van der Waals surface area contributed by atoms with Crippen molar-refractivity contribution in [1.29, 1.82) is 0 Å². The molecule has 1 atom stereocenters. The molecule has 0 unspecified atom stereocenters.